The van der Waals surface area contributed by atoms with E-state index in [9.17, 15) is 13.2 Å². The first kappa shape index (κ1) is 17.5. The first-order chi connectivity index (χ1) is 9.86. The van der Waals surface area contributed by atoms with Crippen LogP contribution in [0.25, 0.3) is 0 Å². The molecule has 1 unspecified atom stereocenters. The largest absolute Gasteiger partial charge is 0.481 e. The van der Waals surface area contributed by atoms with Crippen LogP contribution in [0.1, 0.15) is 26.2 Å². The van der Waals surface area contributed by atoms with Crippen molar-refractivity contribution in [2.24, 2.45) is 5.92 Å². The van der Waals surface area contributed by atoms with Crippen LogP contribution in [0.15, 0.2) is 29.2 Å². The van der Waals surface area contributed by atoms with Gasteiger partial charge in [-0.1, -0.05) is 19.1 Å². The number of benzene rings is 1. The predicted molar refractivity (Wildman–Crippen MR) is 81.8 cm³/mol. The normalized spacial score (nSPS) is 12.9. The second kappa shape index (κ2) is 7.99. The molecule has 0 aliphatic carbocycles. The third kappa shape index (κ3) is 5.73. The van der Waals surface area contributed by atoms with E-state index in [1.165, 1.54) is 7.05 Å². The minimum atomic E-state index is -3.49. The van der Waals surface area contributed by atoms with Crippen LogP contribution in [-0.4, -0.2) is 33.1 Å². The summed E-state index contributed by atoms with van der Waals surface area (Å²) in [6, 6.07) is 6.70. The Labute approximate surface area is 125 Å². The quantitative estimate of drug-likeness (QED) is 0.647. The van der Waals surface area contributed by atoms with Gasteiger partial charge in [-0.2, -0.15) is 0 Å². The van der Waals surface area contributed by atoms with Crippen LogP contribution < -0.4 is 10.0 Å². The van der Waals surface area contributed by atoms with Crippen LogP contribution in [0.3, 0.4) is 0 Å². The Bertz CT molecular complexity index is 572. The highest BCUT2D eigenvalue weighted by Crippen LogP contribution is 2.21. The Kier molecular flexibility index (Phi) is 6.64. The fourth-order valence-electron chi connectivity index (χ4n) is 1.92. The van der Waals surface area contributed by atoms with E-state index in [0.29, 0.717) is 18.7 Å². The summed E-state index contributed by atoms with van der Waals surface area (Å²) in [6.07, 6.45) is 1.56. The van der Waals surface area contributed by atoms with Gasteiger partial charge in [0.25, 0.3) is 0 Å². The molecule has 1 aromatic carbocycles. The second-order valence-corrected chi connectivity index (χ2v) is 6.81. The van der Waals surface area contributed by atoms with E-state index in [2.05, 4.69) is 10.0 Å². The van der Waals surface area contributed by atoms with Gasteiger partial charge in [-0.3, -0.25) is 4.79 Å². The first-order valence-corrected chi connectivity index (χ1v) is 8.33. The maximum Gasteiger partial charge on any atom is 0.303 e. The molecule has 0 spiro atoms. The van der Waals surface area contributed by atoms with Crippen LogP contribution in [0.4, 0.5) is 5.69 Å². The zero-order valence-electron chi connectivity index (χ0n) is 12.3. The number of carboxylic acid groups (broad SMARTS) is 1. The molecule has 21 heavy (non-hydrogen) atoms. The molecule has 0 aliphatic rings. The molecule has 0 fully saturated rings. The van der Waals surface area contributed by atoms with Gasteiger partial charge in [0, 0.05) is 13.0 Å². The number of hydrogen-bond acceptors (Lipinski definition) is 4. The molecule has 6 nitrogen and oxygen atoms in total. The van der Waals surface area contributed by atoms with Crippen LogP contribution in [0, 0.1) is 5.92 Å². The average Bonchev–Trinajstić information content (AvgIpc) is 2.45. The Morgan fingerprint density at radius 2 is 1.95 bits per heavy atom. The Hall–Kier alpha value is -1.60. The minimum Gasteiger partial charge on any atom is -0.481 e. The van der Waals surface area contributed by atoms with Gasteiger partial charge in [0.15, 0.2) is 0 Å². The third-order valence-corrected chi connectivity index (χ3v) is 4.72. The van der Waals surface area contributed by atoms with Crippen LogP contribution >= 0.6 is 0 Å². The van der Waals surface area contributed by atoms with E-state index in [-0.39, 0.29) is 17.2 Å². The van der Waals surface area contributed by atoms with E-state index in [0.717, 1.165) is 6.42 Å². The molecule has 0 saturated carbocycles. The summed E-state index contributed by atoms with van der Waals surface area (Å²) in [4.78, 5) is 10.7. The first-order valence-electron chi connectivity index (χ1n) is 6.85. The number of hydrogen-bond donors (Lipinski definition) is 3. The van der Waals surface area contributed by atoms with Gasteiger partial charge in [0.1, 0.15) is 4.90 Å². The molecular weight excluding hydrogens is 292 g/mol. The molecule has 3 N–H and O–H groups in total. The number of carboxylic acids is 1. The fraction of sp³-hybridized carbons (Fsp3) is 0.500. The monoisotopic (exact) mass is 314 g/mol. The van der Waals surface area contributed by atoms with Crippen LogP contribution in [0.2, 0.25) is 0 Å². The highest BCUT2D eigenvalue weighted by atomic mass is 32.2. The molecule has 0 radical (unpaired) electrons. The highest BCUT2D eigenvalue weighted by molar-refractivity contribution is 7.89. The van der Waals surface area contributed by atoms with Gasteiger partial charge in [-0.25, -0.2) is 13.1 Å². The third-order valence-electron chi connectivity index (χ3n) is 3.25. The van der Waals surface area contributed by atoms with Crippen LogP contribution in [0.5, 0.6) is 0 Å². The maximum absolute atomic E-state index is 11.9. The lowest BCUT2D eigenvalue weighted by atomic mass is 10.0. The lowest BCUT2D eigenvalue weighted by molar-refractivity contribution is -0.137. The van der Waals surface area contributed by atoms with Gasteiger partial charge in [-0.15, -0.1) is 0 Å². The lowest BCUT2D eigenvalue weighted by Crippen LogP contribution is -2.20. The molecule has 0 bridgehead atoms. The van der Waals surface area contributed by atoms with Crippen molar-refractivity contribution >= 4 is 21.7 Å². The van der Waals surface area contributed by atoms with Crippen molar-refractivity contribution in [2.45, 2.75) is 31.1 Å². The topological polar surface area (TPSA) is 95.5 Å². The number of para-hydroxylation sites is 1. The number of aliphatic carboxylic acids is 1. The van der Waals surface area contributed by atoms with Crippen molar-refractivity contribution in [1.82, 2.24) is 4.72 Å². The molecule has 1 atom stereocenters. The standard InChI is InChI=1S/C14H22N2O4S/c1-11(7-8-14(17)18)9-10-16-12-5-3-4-6-13(12)21(19,20)15-2/h3-6,11,15-16H,7-10H2,1-2H3,(H,17,18). The fourth-order valence-corrected chi connectivity index (χ4v) is 2.83. The molecular formula is C14H22N2O4S. The van der Waals surface area contributed by atoms with Gasteiger partial charge < -0.3 is 10.4 Å². The molecule has 7 heteroatoms. The molecule has 0 amide bonds. The summed E-state index contributed by atoms with van der Waals surface area (Å²) in [5.74, 6) is -0.526. The highest BCUT2D eigenvalue weighted by Gasteiger charge is 2.15. The molecule has 0 heterocycles. The van der Waals surface area contributed by atoms with E-state index in [1.807, 2.05) is 6.92 Å². The van der Waals surface area contributed by atoms with Crippen LogP contribution in [-0.2, 0) is 14.8 Å². The van der Waals surface area contributed by atoms with Crippen molar-refractivity contribution in [1.29, 1.82) is 0 Å². The molecule has 118 valence electrons. The van der Waals surface area contributed by atoms with Gasteiger partial charge >= 0.3 is 5.97 Å². The van der Waals surface area contributed by atoms with E-state index in [4.69, 9.17) is 5.11 Å². The van der Waals surface area contributed by atoms with E-state index < -0.39 is 16.0 Å². The van der Waals surface area contributed by atoms with Crippen molar-refractivity contribution in [3.63, 3.8) is 0 Å². The Morgan fingerprint density at radius 1 is 1.29 bits per heavy atom. The molecule has 0 aromatic heterocycles. The predicted octanol–water partition coefficient (Wildman–Crippen LogP) is 1.90. The number of carbonyl (C=O) groups is 1. The Balaban J connectivity index is 2.59. The number of sulfonamides is 1. The zero-order chi connectivity index (χ0) is 15.9. The maximum atomic E-state index is 11.9. The summed E-state index contributed by atoms with van der Waals surface area (Å²) in [5, 5.41) is 11.7. The van der Waals surface area contributed by atoms with Crippen molar-refractivity contribution in [3.8, 4) is 0 Å². The lowest BCUT2D eigenvalue weighted by Gasteiger charge is -2.14. The number of nitrogens with one attached hydrogen (secondary N) is 2. The zero-order valence-corrected chi connectivity index (χ0v) is 13.1. The number of rotatable bonds is 9. The summed E-state index contributed by atoms with van der Waals surface area (Å²) in [6.45, 7) is 2.58. The molecule has 0 aliphatic heterocycles. The summed E-state index contributed by atoms with van der Waals surface area (Å²) < 4.78 is 26.1. The number of anilines is 1. The van der Waals surface area contributed by atoms with Crippen molar-refractivity contribution in [2.75, 3.05) is 18.9 Å². The van der Waals surface area contributed by atoms with Gasteiger partial charge in [0.2, 0.25) is 10.0 Å². The average molecular weight is 314 g/mol. The second-order valence-electron chi connectivity index (χ2n) is 4.96. The molecule has 1 aromatic rings. The smallest absolute Gasteiger partial charge is 0.303 e. The van der Waals surface area contributed by atoms with E-state index in [1.54, 1.807) is 24.3 Å². The van der Waals surface area contributed by atoms with E-state index >= 15 is 0 Å². The minimum absolute atomic E-state index is 0.159. The molecule has 1 rings (SSSR count). The van der Waals surface area contributed by atoms with Gasteiger partial charge in [-0.05, 0) is 37.9 Å². The molecule has 0 saturated heterocycles. The summed E-state index contributed by atoms with van der Waals surface area (Å²) in [5.41, 5.74) is 0.553. The van der Waals surface area contributed by atoms with Crippen molar-refractivity contribution in [3.05, 3.63) is 24.3 Å². The summed E-state index contributed by atoms with van der Waals surface area (Å²) >= 11 is 0. The summed E-state index contributed by atoms with van der Waals surface area (Å²) in [7, 11) is -2.12. The van der Waals surface area contributed by atoms with Gasteiger partial charge in [0.05, 0.1) is 5.69 Å². The SMILES string of the molecule is CNS(=O)(=O)c1ccccc1NCCC(C)CCC(=O)O. The van der Waals surface area contributed by atoms with Crippen molar-refractivity contribution < 1.29 is 18.3 Å². The Morgan fingerprint density at radius 3 is 2.57 bits per heavy atom.